The van der Waals surface area contributed by atoms with Gasteiger partial charge in [-0.1, -0.05) is 42.5 Å². The third kappa shape index (κ3) is 3.79. The van der Waals surface area contributed by atoms with Crippen LogP contribution in [0.1, 0.15) is 40.4 Å². The smallest absolute Gasteiger partial charge is 0.326 e. The number of carbonyl (C=O) groups is 1. The number of para-hydroxylation sites is 3. The third-order valence-electron chi connectivity index (χ3n) is 7.49. The number of likely N-dealkylation sites (tertiary alicyclic amines) is 1. The Morgan fingerprint density at radius 3 is 2.47 bits per heavy atom. The van der Waals surface area contributed by atoms with Crippen molar-refractivity contribution in [2.75, 3.05) is 13.1 Å². The van der Waals surface area contributed by atoms with E-state index in [1.807, 2.05) is 64.1 Å². The zero-order valence-corrected chi connectivity index (χ0v) is 20.5. The molecule has 5 aromatic rings. The van der Waals surface area contributed by atoms with E-state index in [2.05, 4.69) is 37.0 Å². The average Bonchev–Trinajstić information content (AvgIpc) is 3.25. The second-order valence-electron chi connectivity index (χ2n) is 9.71. The molecule has 6 heteroatoms. The number of rotatable bonds is 3. The minimum atomic E-state index is -0.0841. The molecule has 0 radical (unpaired) electrons. The van der Waals surface area contributed by atoms with E-state index in [1.54, 1.807) is 0 Å². The van der Waals surface area contributed by atoms with Crippen LogP contribution < -0.4 is 5.69 Å². The number of hydrogen-bond donors (Lipinski definition) is 1. The van der Waals surface area contributed by atoms with Crippen LogP contribution in [-0.2, 0) is 0 Å². The Morgan fingerprint density at radius 1 is 0.917 bits per heavy atom. The van der Waals surface area contributed by atoms with E-state index in [4.69, 9.17) is 4.98 Å². The molecular weight excluding hydrogens is 448 g/mol. The lowest BCUT2D eigenvalue weighted by atomic mass is 9.99. The highest BCUT2D eigenvalue weighted by Gasteiger charge is 2.28. The van der Waals surface area contributed by atoms with Crippen LogP contribution in [0.4, 0.5) is 0 Å². The first kappa shape index (κ1) is 22.3. The first-order chi connectivity index (χ1) is 17.5. The van der Waals surface area contributed by atoms with Crippen LogP contribution in [0.25, 0.3) is 33.2 Å². The molecule has 1 fully saturated rings. The summed E-state index contributed by atoms with van der Waals surface area (Å²) in [5, 5.41) is 0.866. The molecule has 3 aromatic carbocycles. The van der Waals surface area contributed by atoms with Crippen LogP contribution in [-0.4, -0.2) is 38.4 Å². The van der Waals surface area contributed by atoms with E-state index in [9.17, 15) is 9.59 Å². The van der Waals surface area contributed by atoms with Gasteiger partial charge in [-0.25, -0.2) is 9.78 Å². The number of nitrogens with zero attached hydrogens (tertiary/aromatic N) is 3. The summed E-state index contributed by atoms with van der Waals surface area (Å²) in [4.78, 5) is 36.2. The maximum absolute atomic E-state index is 13.8. The molecule has 180 valence electrons. The summed E-state index contributed by atoms with van der Waals surface area (Å²) in [5.41, 5.74) is 7.43. The zero-order valence-electron chi connectivity index (χ0n) is 20.5. The molecule has 1 saturated heterocycles. The highest BCUT2D eigenvalue weighted by Crippen LogP contribution is 2.30. The van der Waals surface area contributed by atoms with Crippen molar-refractivity contribution in [3.63, 3.8) is 0 Å². The second kappa shape index (κ2) is 8.79. The van der Waals surface area contributed by atoms with Gasteiger partial charge in [0.25, 0.3) is 5.91 Å². The molecule has 1 amide bonds. The van der Waals surface area contributed by atoms with Crippen LogP contribution in [0, 0.1) is 13.8 Å². The monoisotopic (exact) mass is 476 g/mol. The molecule has 1 aliphatic heterocycles. The molecule has 0 saturated carbocycles. The van der Waals surface area contributed by atoms with Crippen LogP contribution in [0.15, 0.2) is 77.6 Å². The van der Waals surface area contributed by atoms with Crippen molar-refractivity contribution in [3.8, 4) is 11.3 Å². The first-order valence-corrected chi connectivity index (χ1v) is 12.5. The van der Waals surface area contributed by atoms with Gasteiger partial charge in [-0.15, -0.1) is 0 Å². The summed E-state index contributed by atoms with van der Waals surface area (Å²) in [6.45, 7) is 5.39. The highest BCUT2D eigenvalue weighted by atomic mass is 16.2. The minimum absolute atomic E-state index is 0.0170. The standard InChI is InChI=1S/C30H28N4O2/c1-19-11-12-21(17-20(19)2)27-18-24(23-7-3-4-8-25(23)31-27)29(35)33-15-13-22(14-16-33)34-28-10-6-5-9-26(28)32-30(34)36/h3-12,17-18,22H,13-16H2,1-2H3,(H,32,36). The first-order valence-electron chi connectivity index (χ1n) is 12.5. The van der Waals surface area contributed by atoms with E-state index in [-0.39, 0.29) is 17.6 Å². The topological polar surface area (TPSA) is 71.0 Å². The van der Waals surface area contributed by atoms with Crippen molar-refractivity contribution in [1.29, 1.82) is 0 Å². The fourth-order valence-electron chi connectivity index (χ4n) is 5.34. The SMILES string of the molecule is Cc1ccc(-c2cc(C(=O)N3CCC(n4c(=O)[nH]c5ccccc54)CC3)c3ccccc3n2)cc1C. The Hall–Kier alpha value is -4.19. The van der Waals surface area contributed by atoms with Gasteiger partial charge in [0.05, 0.1) is 27.8 Å². The lowest BCUT2D eigenvalue weighted by Gasteiger charge is -2.33. The number of fused-ring (bicyclic) bond motifs is 2. The van der Waals surface area contributed by atoms with Gasteiger partial charge in [0.1, 0.15) is 0 Å². The fraction of sp³-hybridized carbons (Fsp3) is 0.233. The van der Waals surface area contributed by atoms with Gasteiger partial charge < -0.3 is 9.88 Å². The lowest BCUT2D eigenvalue weighted by Crippen LogP contribution is -2.40. The predicted octanol–water partition coefficient (Wildman–Crippen LogP) is 5.64. The van der Waals surface area contributed by atoms with Crippen molar-refractivity contribution in [2.24, 2.45) is 0 Å². The van der Waals surface area contributed by atoms with Crippen molar-refractivity contribution in [2.45, 2.75) is 32.7 Å². The average molecular weight is 477 g/mol. The summed E-state index contributed by atoms with van der Waals surface area (Å²) in [6.07, 6.45) is 1.47. The van der Waals surface area contributed by atoms with Gasteiger partial charge in [-0.05, 0) is 68.1 Å². The van der Waals surface area contributed by atoms with E-state index in [0.29, 0.717) is 18.7 Å². The molecule has 6 nitrogen and oxygen atoms in total. The number of imidazole rings is 1. The number of amides is 1. The predicted molar refractivity (Wildman–Crippen MR) is 143 cm³/mol. The molecule has 2 aromatic heterocycles. The fourth-order valence-corrected chi connectivity index (χ4v) is 5.34. The number of aromatic nitrogens is 3. The summed E-state index contributed by atoms with van der Waals surface area (Å²) in [7, 11) is 0. The molecule has 1 aliphatic rings. The number of carbonyl (C=O) groups excluding carboxylic acids is 1. The van der Waals surface area contributed by atoms with E-state index in [0.717, 1.165) is 46.0 Å². The maximum atomic E-state index is 13.8. The van der Waals surface area contributed by atoms with Crippen molar-refractivity contribution < 1.29 is 4.79 Å². The molecular formula is C30H28N4O2. The molecule has 6 rings (SSSR count). The Bertz CT molecular complexity index is 1670. The van der Waals surface area contributed by atoms with E-state index in [1.165, 1.54) is 11.1 Å². The Kier molecular flexibility index (Phi) is 5.44. The van der Waals surface area contributed by atoms with Gasteiger partial charge in [-0.2, -0.15) is 0 Å². The van der Waals surface area contributed by atoms with Crippen LogP contribution in [0.5, 0.6) is 0 Å². The Balaban J connectivity index is 1.31. The van der Waals surface area contributed by atoms with Crippen LogP contribution in [0.2, 0.25) is 0 Å². The zero-order chi connectivity index (χ0) is 24.8. The molecule has 0 aliphatic carbocycles. The molecule has 0 bridgehead atoms. The minimum Gasteiger partial charge on any atom is -0.338 e. The number of pyridine rings is 1. The van der Waals surface area contributed by atoms with Crippen LogP contribution in [0.3, 0.4) is 0 Å². The number of piperidine rings is 1. The van der Waals surface area contributed by atoms with Gasteiger partial charge in [-0.3, -0.25) is 9.36 Å². The number of hydrogen-bond acceptors (Lipinski definition) is 3. The highest BCUT2D eigenvalue weighted by molar-refractivity contribution is 6.07. The molecule has 0 atom stereocenters. The Morgan fingerprint density at radius 2 is 1.67 bits per heavy atom. The maximum Gasteiger partial charge on any atom is 0.326 e. The number of aromatic amines is 1. The quantitative estimate of drug-likeness (QED) is 0.366. The van der Waals surface area contributed by atoms with Gasteiger partial charge in [0.15, 0.2) is 0 Å². The van der Waals surface area contributed by atoms with Crippen molar-refractivity contribution in [1.82, 2.24) is 19.4 Å². The summed E-state index contributed by atoms with van der Waals surface area (Å²) in [5.74, 6) is 0.0170. The lowest BCUT2D eigenvalue weighted by molar-refractivity contribution is 0.0697. The third-order valence-corrected chi connectivity index (χ3v) is 7.49. The van der Waals surface area contributed by atoms with E-state index < -0.39 is 0 Å². The normalized spacial score (nSPS) is 14.6. The number of H-pyrrole nitrogens is 1. The Labute approximate surface area is 209 Å². The molecule has 0 unspecified atom stereocenters. The molecule has 1 N–H and O–H groups in total. The van der Waals surface area contributed by atoms with Crippen molar-refractivity contribution in [3.05, 3.63) is 100.0 Å². The summed E-state index contributed by atoms with van der Waals surface area (Å²) < 4.78 is 1.86. The van der Waals surface area contributed by atoms with Crippen molar-refractivity contribution >= 4 is 27.8 Å². The molecule has 0 spiro atoms. The van der Waals surface area contributed by atoms with Gasteiger partial charge >= 0.3 is 5.69 Å². The molecule has 36 heavy (non-hydrogen) atoms. The van der Waals surface area contributed by atoms with Gasteiger partial charge in [0, 0.05) is 30.1 Å². The number of aryl methyl sites for hydroxylation is 2. The number of benzene rings is 3. The molecule has 3 heterocycles. The van der Waals surface area contributed by atoms with Crippen LogP contribution >= 0.6 is 0 Å². The second-order valence-corrected chi connectivity index (χ2v) is 9.71. The van der Waals surface area contributed by atoms with Gasteiger partial charge in [0.2, 0.25) is 0 Å². The largest absolute Gasteiger partial charge is 0.338 e. The summed E-state index contributed by atoms with van der Waals surface area (Å²) >= 11 is 0. The number of nitrogens with one attached hydrogen (secondary N) is 1. The van der Waals surface area contributed by atoms with E-state index >= 15 is 0 Å². The summed E-state index contributed by atoms with van der Waals surface area (Å²) in [6, 6.07) is 23.9.